The molecule has 3 rings (SSSR count). The zero-order valence-corrected chi connectivity index (χ0v) is 18.5. The van der Waals surface area contributed by atoms with Crippen molar-refractivity contribution < 1.29 is 27.4 Å². The van der Waals surface area contributed by atoms with Crippen molar-refractivity contribution in [2.24, 2.45) is 0 Å². The van der Waals surface area contributed by atoms with E-state index in [9.17, 15) is 13.2 Å². The van der Waals surface area contributed by atoms with E-state index in [1.165, 1.54) is 31.4 Å². The maximum absolute atomic E-state index is 12.5. The van der Waals surface area contributed by atoms with Crippen LogP contribution in [0.4, 0.5) is 5.69 Å². The number of carbonyl (C=O) groups is 1. The third-order valence-corrected chi connectivity index (χ3v) is 5.91. The van der Waals surface area contributed by atoms with Crippen LogP contribution < -0.4 is 24.2 Å². The van der Waals surface area contributed by atoms with Gasteiger partial charge < -0.3 is 19.5 Å². The molecule has 1 amide bonds. The van der Waals surface area contributed by atoms with Gasteiger partial charge in [0.05, 0.1) is 19.1 Å². The average Bonchev–Trinajstić information content (AvgIpc) is 2.82. The van der Waals surface area contributed by atoms with Gasteiger partial charge in [-0.3, -0.25) is 9.52 Å². The van der Waals surface area contributed by atoms with Gasteiger partial charge in [-0.15, -0.1) is 0 Å². The lowest BCUT2D eigenvalue weighted by atomic mass is 10.2. The Morgan fingerprint density at radius 3 is 2.16 bits per heavy atom. The number of hydrogen-bond acceptors (Lipinski definition) is 6. The van der Waals surface area contributed by atoms with Crippen molar-refractivity contribution >= 4 is 21.6 Å². The van der Waals surface area contributed by atoms with E-state index in [2.05, 4.69) is 10.0 Å². The molecule has 0 radical (unpaired) electrons. The summed E-state index contributed by atoms with van der Waals surface area (Å²) < 4.78 is 43.4. The first kappa shape index (κ1) is 23.0. The summed E-state index contributed by atoms with van der Waals surface area (Å²) in [4.78, 5) is 12.1. The zero-order valence-electron chi connectivity index (χ0n) is 17.7. The minimum atomic E-state index is -3.76. The summed E-state index contributed by atoms with van der Waals surface area (Å²) in [6.45, 7) is 0.103. The second-order valence-corrected chi connectivity index (χ2v) is 8.37. The normalized spacial score (nSPS) is 10.8. The number of anilines is 1. The zero-order chi connectivity index (χ0) is 23.0. The van der Waals surface area contributed by atoms with Crippen molar-refractivity contribution in [1.29, 1.82) is 0 Å². The molecular formula is C23H24N2O6S. The quantitative estimate of drug-likeness (QED) is 0.486. The van der Waals surface area contributed by atoms with Crippen molar-refractivity contribution in [2.75, 3.05) is 25.5 Å². The molecule has 0 atom stereocenters. The lowest BCUT2D eigenvalue weighted by Crippen LogP contribution is -2.28. The van der Waals surface area contributed by atoms with Gasteiger partial charge in [-0.05, 0) is 54.6 Å². The first-order valence-electron chi connectivity index (χ1n) is 9.69. The summed E-state index contributed by atoms with van der Waals surface area (Å²) in [6.07, 6.45) is 0. The highest BCUT2D eigenvalue weighted by atomic mass is 32.2. The number of ether oxygens (including phenoxy) is 3. The molecule has 0 bridgehead atoms. The van der Waals surface area contributed by atoms with Gasteiger partial charge in [-0.2, -0.15) is 0 Å². The van der Waals surface area contributed by atoms with E-state index in [0.717, 1.165) is 5.56 Å². The lowest BCUT2D eigenvalue weighted by molar-refractivity contribution is -0.123. The van der Waals surface area contributed by atoms with Gasteiger partial charge in [0, 0.05) is 17.8 Å². The molecule has 9 heteroatoms. The van der Waals surface area contributed by atoms with E-state index in [-0.39, 0.29) is 17.4 Å². The molecule has 3 aromatic carbocycles. The second-order valence-electron chi connectivity index (χ2n) is 6.68. The van der Waals surface area contributed by atoms with Crippen molar-refractivity contribution in [3.8, 4) is 17.2 Å². The molecule has 32 heavy (non-hydrogen) atoms. The average molecular weight is 457 g/mol. The Bertz CT molecular complexity index is 1150. The fraction of sp³-hybridized carbons (Fsp3) is 0.174. The summed E-state index contributed by atoms with van der Waals surface area (Å²) in [7, 11) is -0.660. The first-order valence-corrected chi connectivity index (χ1v) is 11.2. The molecule has 0 spiro atoms. The van der Waals surface area contributed by atoms with Crippen LogP contribution >= 0.6 is 0 Å². The van der Waals surface area contributed by atoms with E-state index in [4.69, 9.17) is 14.2 Å². The summed E-state index contributed by atoms with van der Waals surface area (Å²) >= 11 is 0. The number of hydrogen-bond donors (Lipinski definition) is 2. The predicted octanol–water partition coefficient (Wildman–Crippen LogP) is 3.20. The molecule has 0 aromatic heterocycles. The van der Waals surface area contributed by atoms with Crippen molar-refractivity contribution in [3.05, 3.63) is 78.4 Å². The second kappa shape index (κ2) is 10.5. The van der Waals surface area contributed by atoms with E-state index in [0.29, 0.717) is 29.5 Å². The number of para-hydroxylation sites is 1. The maximum atomic E-state index is 12.5. The van der Waals surface area contributed by atoms with Crippen molar-refractivity contribution in [3.63, 3.8) is 0 Å². The van der Waals surface area contributed by atoms with E-state index >= 15 is 0 Å². The fourth-order valence-corrected chi connectivity index (χ4v) is 3.89. The number of amides is 1. The van der Waals surface area contributed by atoms with E-state index < -0.39 is 10.0 Å². The molecule has 0 unspecified atom stereocenters. The Kier molecular flexibility index (Phi) is 7.56. The highest BCUT2D eigenvalue weighted by Gasteiger charge is 2.14. The minimum absolute atomic E-state index is 0.0706. The SMILES string of the molecule is COc1ccc(NS(=O)(=O)c2ccc(OCC(=O)NCc3ccccc3OC)cc2)cc1. The van der Waals surface area contributed by atoms with E-state index in [1.54, 1.807) is 31.4 Å². The van der Waals surface area contributed by atoms with Crippen LogP contribution in [0.2, 0.25) is 0 Å². The molecule has 0 saturated heterocycles. The van der Waals surface area contributed by atoms with Gasteiger partial charge in [0.1, 0.15) is 17.2 Å². The van der Waals surface area contributed by atoms with Gasteiger partial charge in [-0.25, -0.2) is 8.42 Å². The van der Waals surface area contributed by atoms with Crippen LogP contribution in [0.25, 0.3) is 0 Å². The van der Waals surface area contributed by atoms with Crippen LogP contribution in [0.15, 0.2) is 77.7 Å². The molecule has 3 aromatic rings. The Hall–Kier alpha value is -3.72. The Morgan fingerprint density at radius 1 is 0.844 bits per heavy atom. The Balaban J connectivity index is 1.52. The highest BCUT2D eigenvalue weighted by molar-refractivity contribution is 7.92. The standard InChI is InChI=1S/C23H24N2O6S/c1-29-19-9-7-18(8-10-19)25-32(27,28)21-13-11-20(12-14-21)31-16-23(26)24-15-17-5-3-4-6-22(17)30-2/h3-14,25H,15-16H2,1-2H3,(H,24,26). The third kappa shape index (κ3) is 6.14. The molecule has 0 heterocycles. The molecule has 0 aliphatic rings. The van der Waals surface area contributed by atoms with Crippen LogP contribution in [-0.4, -0.2) is 35.2 Å². The van der Waals surface area contributed by atoms with Crippen LogP contribution in [0, 0.1) is 0 Å². The van der Waals surface area contributed by atoms with Gasteiger partial charge in [-0.1, -0.05) is 18.2 Å². The fourth-order valence-electron chi connectivity index (χ4n) is 2.83. The third-order valence-electron chi connectivity index (χ3n) is 4.51. The smallest absolute Gasteiger partial charge is 0.261 e. The number of benzene rings is 3. The van der Waals surface area contributed by atoms with Crippen molar-refractivity contribution in [1.82, 2.24) is 5.32 Å². The Morgan fingerprint density at radius 2 is 1.50 bits per heavy atom. The van der Waals surface area contributed by atoms with Crippen LogP contribution in [-0.2, 0) is 21.4 Å². The highest BCUT2D eigenvalue weighted by Crippen LogP contribution is 2.21. The summed E-state index contributed by atoms with van der Waals surface area (Å²) in [5.74, 6) is 1.38. The predicted molar refractivity (Wildman–Crippen MR) is 121 cm³/mol. The molecule has 0 fully saturated rings. The molecule has 2 N–H and O–H groups in total. The molecule has 8 nitrogen and oxygen atoms in total. The molecule has 0 saturated carbocycles. The summed E-state index contributed by atoms with van der Waals surface area (Å²) in [5.41, 5.74) is 1.26. The molecule has 168 valence electrons. The number of nitrogens with one attached hydrogen (secondary N) is 2. The van der Waals surface area contributed by atoms with Crippen LogP contribution in [0.1, 0.15) is 5.56 Å². The number of sulfonamides is 1. The van der Waals surface area contributed by atoms with E-state index in [1.807, 2.05) is 24.3 Å². The van der Waals surface area contributed by atoms with Crippen LogP contribution in [0.3, 0.4) is 0 Å². The number of rotatable bonds is 10. The van der Waals surface area contributed by atoms with Gasteiger partial charge in [0.25, 0.3) is 15.9 Å². The molecular weight excluding hydrogens is 432 g/mol. The van der Waals surface area contributed by atoms with Crippen LogP contribution in [0.5, 0.6) is 17.2 Å². The lowest BCUT2D eigenvalue weighted by Gasteiger charge is -2.11. The van der Waals surface area contributed by atoms with Gasteiger partial charge in [0.2, 0.25) is 0 Å². The van der Waals surface area contributed by atoms with Gasteiger partial charge in [0.15, 0.2) is 6.61 Å². The summed E-state index contributed by atoms with van der Waals surface area (Å²) in [5, 5.41) is 2.76. The van der Waals surface area contributed by atoms with Gasteiger partial charge >= 0.3 is 0 Å². The maximum Gasteiger partial charge on any atom is 0.261 e. The largest absolute Gasteiger partial charge is 0.497 e. The van der Waals surface area contributed by atoms with Crippen molar-refractivity contribution in [2.45, 2.75) is 11.4 Å². The number of methoxy groups -OCH3 is 2. The summed E-state index contributed by atoms with van der Waals surface area (Å²) in [6, 6.07) is 19.7. The Labute approximate surface area is 187 Å². The first-order chi connectivity index (χ1) is 15.4. The molecule has 0 aliphatic heterocycles. The number of carbonyl (C=O) groups excluding carboxylic acids is 1. The monoisotopic (exact) mass is 456 g/mol. The minimum Gasteiger partial charge on any atom is -0.497 e. The molecule has 0 aliphatic carbocycles. The topological polar surface area (TPSA) is 103 Å².